The molecule has 1 unspecified atom stereocenters. The summed E-state index contributed by atoms with van der Waals surface area (Å²) in [6, 6.07) is 5.87. The van der Waals surface area contributed by atoms with Crippen LogP contribution in [0.5, 0.6) is 0 Å². The van der Waals surface area contributed by atoms with Crippen LogP contribution < -0.4 is 5.32 Å². The van der Waals surface area contributed by atoms with Crippen LogP contribution in [0.4, 0.5) is 18.0 Å². The molecule has 1 amide bonds. The number of rotatable bonds is 5. The van der Waals surface area contributed by atoms with Crippen LogP contribution in [0, 0.1) is 11.3 Å². The molecule has 0 aromatic carbocycles. The number of carbonyl (C=O) groups excluding carboxylic acids is 1. The maximum atomic E-state index is 13.1. The Bertz CT molecular complexity index is 731. The fourth-order valence-corrected chi connectivity index (χ4v) is 2.23. The predicted molar refractivity (Wildman–Crippen MR) is 94.7 cm³/mol. The van der Waals surface area contributed by atoms with Gasteiger partial charge in [-0.15, -0.1) is 0 Å². The minimum atomic E-state index is -4.92. The fourth-order valence-electron chi connectivity index (χ4n) is 1.88. The Hall–Kier alpha value is -1.86. The maximum Gasteiger partial charge on any atom is 0.430 e. The summed E-state index contributed by atoms with van der Waals surface area (Å²) in [6.45, 7) is 6.32. The molecule has 6 nitrogen and oxygen atoms in total. The van der Waals surface area contributed by atoms with Gasteiger partial charge in [0, 0.05) is 0 Å². The van der Waals surface area contributed by atoms with E-state index < -0.39 is 35.6 Å². The first-order valence-corrected chi connectivity index (χ1v) is 8.67. The molecule has 1 aromatic heterocycles. The van der Waals surface area contributed by atoms with E-state index in [4.69, 9.17) is 14.7 Å². The first kappa shape index (κ1) is 23.2. The molecule has 0 aliphatic heterocycles. The molecular weight excluding hydrogens is 431 g/mol. The number of aromatic nitrogens is 1. The Morgan fingerprint density at radius 2 is 1.85 bits per heavy atom. The second-order valence-electron chi connectivity index (χ2n) is 7.24. The topological polar surface area (TPSA) is 84.2 Å². The number of carbonyl (C=O) groups is 1. The van der Waals surface area contributed by atoms with Gasteiger partial charge in [-0.25, -0.2) is 9.78 Å². The second kappa shape index (κ2) is 8.02. The van der Waals surface area contributed by atoms with Crippen molar-refractivity contribution in [3.05, 3.63) is 28.5 Å². The van der Waals surface area contributed by atoms with Crippen LogP contribution in [0.3, 0.4) is 0 Å². The summed E-state index contributed by atoms with van der Waals surface area (Å²) in [4.78, 5) is 16.4. The minimum absolute atomic E-state index is 0.227. The highest BCUT2D eigenvalue weighted by molar-refractivity contribution is 9.10. The van der Waals surface area contributed by atoms with Crippen LogP contribution >= 0.6 is 15.9 Å². The van der Waals surface area contributed by atoms with E-state index in [1.807, 2.05) is 0 Å². The number of hydrogen-bond donors (Lipinski definition) is 1. The Morgan fingerprint density at radius 3 is 2.30 bits per heavy atom. The third kappa shape index (κ3) is 6.36. The third-order valence-electron chi connectivity index (χ3n) is 3.46. The number of pyridine rings is 1. The van der Waals surface area contributed by atoms with E-state index in [0.717, 1.165) is 6.07 Å². The van der Waals surface area contributed by atoms with Crippen molar-refractivity contribution in [2.45, 2.75) is 57.5 Å². The monoisotopic (exact) mass is 451 g/mol. The molecule has 0 saturated heterocycles. The van der Waals surface area contributed by atoms with Gasteiger partial charge in [0.2, 0.25) is 5.60 Å². The summed E-state index contributed by atoms with van der Waals surface area (Å²) >= 11 is 3.18. The van der Waals surface area contributed by atoms with E-state index in [1.165, 1.54) is 13.0 Å². The normalized spacial score (nSPS) is 16.6. The lowest BCUT2D eigenvalue weighted by Gasteiger charge is -2.34. The quantitative estimate of drug-likeness (QED) is 0.668. The van der Waals surface area contributed by atoms with Crippen LogP contribution in [0.1, 0.15) is 40.3 Å². The van der Waals surface area contributed by atoms with Crippen molar-refractivity contribution in [3.63, 3.8) is 0 Å². The molecule has 150 valence electrons. The molecule has 0 aliphatic rings. The van der Waals surface area contributed by atoms with Crippen LogP contribution in [0.25, 0.3) is 0 Å². The van der Waals surface area contributed by atoms with Crippen LogP contribution in [0.15, 0.2) is 22.8 Å². The zero-order chi connectivity index (χ0) is 21.1. The summed E-state index contributed by atoms with van der Waals surface area (Å²) in [5, 5.41) is 11.4. The van der Waals surface area contributed by atoms with Gasteiger partial charge < -0.3 is 14.8 Å². The van der Waals surface area contributed by atoms with E-state index in [2.05, 4.69) is 26.2 Å². The minimum Gasteiger partial charge on any atom is -0.444 e. The van der Waals surface area contributed by atoms with Gasteiger partial charge >= 0.3 is 12.3 Å². The molecule has 1 N–H and O–H groups in total. The molecule has 1 heterocycles. The van der Waals surface area contributed by atoms with Crippen molar-refractivity contribution in [2.75, 3.05) is 6.61 Å². The SMILES string of the molecule is CC(C)(C)OC(=O)NC(C)(CO[C@](C)(C#N)C(F)(F)F)c1cccc(Br)n1. The smallest absolute Gasteiger partial charge is 0.430 e. The van der Waals surface area contributed by atoms with E-state index in [9.17, 15) is 18.0 Å². The molecule has 1 rings (SSSR count). The molecule has 0 fully saturated rings. The van der Waals surface area contributed by atoms with Gasteiger partial charge in [-0.2, -0.15) is 18.4 Å². The van der Waals surface area contributed by atoms with Gasteiger partial charge in [0.05, 0.1) is 12.3 Å². The lowest BCUT2D eigenvalue weighted by atomic mass is 9.97. The van der Waals surface area contributed by atoms with Crippen molar-refractivity contribution in [2.24, 2.45) is 0 Å². The number of alkyl halides is 3. The highest BCUT2D eigenvalue weighted by Crippen LogP contribution is 2.34. The first-order valence-electron chi connectivity index (χ1n) is 7.88. The third-order valence-corrected chi connectivity index (χ3v) is 3.90. The summed E-state index contributed by atoms with van der Waals surface area (Å²) in [7, 11) is 0. The van der Waals surface area contributed by atoms with Crippen LogP contribution in [-0.4, -0.2) is 35.1 Å². The number of hydrogen-bond acceptors (Lipinski definition) is 5. The molecule has 0 bridgehead atoms. The number of nitrogens with zero attached hydrogens (tertiary/aromatic N) is 2. The van der Waals surface area contributed by atoms with E-state index >= 15 is 0 Å². The van der Waals surface area contributed by atoms with Crippen molar-refractivity contribution in [1.29, 1.82) is 5.26 Å². The summed E-state index contributed by atoms with van der Waals surface area (Å²) in [5.41, 5.74) is -5.13. The zero-order valence-electron chi connectivity index (χ0n) is 15.6. The van der Waals surface area contributed by atoms with Crippen molar-refractivity contribution in [3.8, 4) is 6.07 Å². The lowest BCUT2D eigenvalue weighted by Crippen LogP contribution is -2.53. The Kier molecular flexibility index (Phi) is 6.89. The standard InChI is InChI=1S/C17H21BrF3N3O3/c1-14(2,3)27-13(25)24-15(4,11-7-6-8-12(18)23-11)10-26-16(5,9-22)17(19,20)21/h6-8H,10H2,1-5H3,(H,24,25)/t15?,16-/m1/s1. The molecule has 0 spiro atoms. The average Bonchev–Trinajstić information content (AvgIpc) is 2.49. The maximum absolute atomic E-state index is 13.1. The van der Waals surface area contributed by atoms with E-state index in [-0.39, 0.29) is 5.69 Å². The average molecular weight is 452 g/mol. The second-order valence-corrected chi connectivity index (χ2v) is 8.05. The molecule has 27 heavy (non-hydrogen) atoms. The molecule has 2 atom stereocenters. The zero-order valence-corrected chi connectivity index (χ0v) is 17.2. The number of ether oxygens (including phenoxy) is 2. The number of halogens is 4. The number of alkyl carbamates (subject to hydrolysis) is 1. The van der Waals surface area contributed by atoms with Gasteiger partial charge in [-0.05, 0) is 62.7 Å². The Balaban J connectivity index is 3.19. The Labute approximate surface area is 164 Å². The summed E-state index contributed by atoms with van der Waals surface area (Å²) in [6.07, 6.45) is -5.78. The predicted octanol–water partition coefficient (Wildman–Crippen LogP) is 4.45. The van der Waals surface area contributed by atoms with Crippen LogP contribution in [-0.2, 0) is 15.0 Å². The van der Waals surface area contributed by atoms with Gasteiger partial charge in [0.1, 0.15) is 21.8 Å². The fraction of sp³-hybridized carbons (Fsp3) is 0.588. The number of nitrogens with one attached hydrogen (secondary N) is 1. The van der Waals surface area contributed by atoms with Gasteiger partial charge in [-0.3, -0.25) is 0 Å². The van der Waals surface area contributed by atoms with Crippen molar-refractivity contribution >= 4 is 22.0 Å². The van der Waals surface area contributed by atoms with Gasteiger partial charge in [0.15, 0.2) is 0 Å². The van der Waals surface area contributed by atoms with E-state index in [0.29, 0.717) is 11.5 Å². The van der Waals surface area contributed by atoms with Crippen molar-refractivity contribution in [1.82, 2.24) is 10.3 Å². The van der Waals surface area contributed by atoms with Crippen LogP contribution in [0.2, 0.25) is 0 Å². The number of nitriles is 1. The molecule has 0 aliphatic carbocycles. The Morgan fingerprint density at radius 1 is 1.26 bits per heavy atom. The number of amides is 1. The molecule has 0 saturated carbocycles. The molecule has 1 aromatic rings. The highest BCUT2D eigenvalue weighted by Gasteiger charge is 2.54. The lowest BCUT2D eigenvalue weighted by molar-refractivity contribution is -0.251. The first-order chi connectivity index (χ1) is 12.1. The molecule has 10 heteroatoms. The molecular formula is C17H21BrF3N3O3. The summed E-state index contributed by atoms with van der Waals surface area (Å²) in [5.74, 6) is 0. The van der Waals surface area contributed by atoms with Gasteiger partial charge in [-0.1, -0.05) is 6.07 Å². The highest BCUT2D eigenvalue weighted by atomic mass is 79.9. The largest absolute Gasteiger partial charge is 0.444 e. The van der Waals surface area contributed by atoms with E-state index in [1.54, 1.807) is 32.9 Å². The summed E-state index contributed by atoms with van der Waals surface area (Å²) < 4.78 is 50.0. The molecule has 0 radical (unpaired) electrons. The van der Waals surface area contributed by atoms with Crippen molar-refractivity contribution < 1.29 is 27.4 Å². The van der Waals surface area contributed by atoms with Gasteiger partial charge in [0.25, 0.3) is 0 Å².